The van der Waals surface area contributed by atoms with Gasteiger partial charge in [0.1, 0.15) is 16.9 Å². The van der Waals surface area contributed by atoms with Crippen LogP contribution in [0.3, 0.4) is 0 Å². The molecule has 3 heterocycles. The number of aliphatic hydroxyl groups excluding tert-OH is 1. The number of hydrogen-bond acceptors (Lipinski definition) is 5. The molecule has 0 saturated carbocycles. The number of hydrogen-bond donors (Lipinski definition) is 1. The van der Waals surface area contributed by atoms with Gasteiger partial charge in [-0.1, -0.05) is 91.5 Å². The van der Waals surface area contributed by atoms with Gasteiger partial charge in [0, 0.05) is 53.6 Å². The van der Waals surface area contributed by atoms with E-state index in [0.29, 0.717) is 0 Å². The molecule has 3 aromatic heterocycles. The van der Waals surface area contributed by atoms with Crippen molar-refractivity contribution in [2.45, 2.75) is 93.4 Å². The molecule has 5 aromatic rings. The van der Waals surface area contributed by atoms with E-state index in [4.69, 9.17) is 4.98 Å². The van der Waals surface area contributed by atoms with Crippen LogP contribution < -0.4 is 0 Å². The maximum Gasteiger partial charge on any atom is 0.164 e. The molecule has 0 aliphatic carbocycles. The van der Waals surface area contributed by atoms with Gasteiger partial charge in [0.05, 0.1) is 11.7 Å². The average Bonchev–Trinajstić information content (AvgIpc) is 3.61. The van der Waals surface area contributed by atoms with Crippen molar-refractivity contribution < 1.29 is 30.0 Å². The fourth-order valence-electron chi connectivity index (χ4n) is 5.23. The third-order valence-electron chi connectivity index (χ3n) is 9.40. The first-order valence-corrected chi connectivity index (χ1v) is 16.2. The summed E-state index contributed by atoms with van der Waals surface area (Å²) in [5.74, 6) is 0.286. The van der Waals surface area contributed by atoms with Crippen LogP contribution in [0.25, 0.3) is 37.1 Å². The van der Waals surface area contributed by atoms with E-state index in [9.17, 15) is 9.90 Å². The SMILES string of the molecule is CC(C)(C)c1cc(-c2nccc3c2sc2cncn23)[c-]c2ccccc12.CCC(C)(CC)C(=O)/C=C(\O)C(C)(CC)CC.[Ir]. The van der Waals surface area contributed by atoms with Crippen LogP contribution >= 0.6 is 11.3 Å². The third-order valence-corrected chi connectivity index (χ3v) is 10.5. The van der Waals surface area contributed by atoms with E-state index < -0.39 is 0 Å². The van der Waals surface area contributed by atoms with E-state index in [0.717, 1.165) is 52.7 Å². The molecule has 0 atom stereocenters. The summed E-state index contributed by atoms with van der Waals surface area (Å²) in [4.78, 5) is 22.3. The number of carbonyl (C=O) groups is 1. The van der Waals surface area contributed by atoms with Crippen LogP contribution in [0, 0.1) is 16.9 Å². The number of imidazole rings is 1. The summed E-state index contributed by atoms with van der Waals surface area (Å²) in [5, 5.41) is 12.5. The minimum Gasteiger partial charge on any atom is -0.512 e. The summed E-state index contributed by atoms with van der Waals surface area (Å²) >= 11 is 1.73. The zero-order valence-corrected chi connectivity index (χ0v) is 30.8. The number of aromatic nitrogens is 3. The smallest absolute Gasteiger partial charge is 0.164 e. The van der Waals surface area contributed by atoms with Gasteiger partial charge in [0.2, 0.25) is 0 Å². The Balaban J connectivity index is 0.000000260. The van der Waals surface area contributed by atoms with Crippen molar-refractivity contribution >= 4 is 42.9 Å². The molecule has 2 aromatic carbocycles. The van der Waals surface area contributed by atoms with Crippen LogP contribution in [0.5, 0.6) is 0 Å². The molecular formula is C37H46IrN3O2S-. The number of ketones is 1. The fraction of sp³-hybridized carbons (Fsp3) is 0.432. The number of pyridine rings is 1. The molecule has 0 amide bonds. The summed E-state index contributed by atoms with van der Waals surface area (Å²) in [6.45, 7) is 18.9. The monoisotopic (exact) mass is 789 g/mol. The molecule has 7 heteroatoms. The summed E-state index contributed by atoms with van der Waals surface area (Å²) in [6.07, 6.45) is 10.4. The van der Waals surface area contributed by atoms with Gasteiger partial charge < -0.3 is 5.11 Å². The first kappa shape index (κ1) is 35.6. The second-order valence-electron chi connectivity index (χ2n) is 13.0. The molecule has 0 unspecified atom stereocenters. The van der Waals surface area contributed by atoms with E-state index in [1.165, 1.54) is 21.7 Å². The second-order valence-corrected chi connectivity index (χ2v) is 14.1. The van der Waals surface area contributed by atoms with Crippen molar-refractivity contribution in [2.24, 2.45) is 10.8 Å². The van der Waals surface area contributed by atoms with E-state index in [-0.39, 0.29) is 47.9 Å². The predicted molar refractivity (Wildman–Crippen MR) is 182 cm³/mol. The van der Waals surface area contributed by atoms with Gasteiger partial charge in [-0.25, -0.2) is 4.98 Å². The molecule has 0 saturated heterocycles. The minimum atomic E-state index is -0.337. The molecule has 0 spiro atoms. The summed E-state index contributed by atoms with van der Waals surface area (Å²) in [7, 11) is 0. The summed E-state index contributed by atoms with van der Waals surface area (Å²) < 4.78 is 3.30. The normalized spacial score (nSPS) is 12.7. The number of thiazole rings is 1. The Labute approximate surface area is 280 Å². The van der Waals surface area contributed by atoms with Crippen LogP contribution in [-0.4, -0.2) is 25.3 Å². The van der Waals surface area contributed by atoms with Crippen molar-refractivity contribution in [1.29, 1.82) is 0 Å². The Morgan fingerprint density at radius 1 is 0.977 bits per heavy atom. The van der Waals surface area contributed by atoms with Gasteiger partial charge in [0.25, 0.3) is 0 Å². The van der Waals surface area contributed by atoms with Gasteiger partial charge in [-0.15, -0.1) is 40.5 Å². The van der Waals surface area contributed by atoms with Crippen LogP contribution in [0.2, 0.25) is 0 Å². The maximum atomic E-state index is 12.2. The zero-order valence-electron chi connectivity index (χ0n) is 27.5. The largest absolute Gasteiger partial charge is 0.512 e. The van der Waals surface area contributed by atoms with Gasteiger partial charge >= 0.3 is 0 Å². The van der Waals surface area contributed by atoms with E-state index in [2.05, 4.69) is 72.6 Å². The summed E-state index contributed by atoms with van der Waals surface area (Å²) in [5.41, 5.74) is 3.96. The van der Waals surface area contributed by atoms with Gasteiger partial charge in [-0.3, -0.25) is 14.2 Å². The zero-order chi connectivity index (χ0) is 31.6. The molecule has 1 N–H and O–H groups in total. The number of benzene rings is 2. The van der Waals surface area contributed by atoms with Crippen LogP contribution in [0.4, 0.5) is 0 Å². The van der Waals surface area contributed by atoms with Crippen molar-refractivity contribution in [2.75, 3.05) is 0 Å². The van der Waals surface area contributed by atoms with E-state index in [1.807, 2.05) is 60.3 Å². The second kappa shape index (κ2) is 14.1. The van der Waals surface area contributed by atoms with Crippen LogP contribution in [0.15, 0.2) is 67.0 Å². The summed E-state index contributed by atoms with van der Waals surface area (Å²) in [6, 6.07) is 16.4. The third kappa shape index (κ3) is 7.01. The number of fused-ring (bicyclic) bond motifs is 4. The number of aliphatic hydroxyl groups is 1. The van der Waals surface area contributed by atoms with Crippen LogP contribution in [-0.2, 0) is 30.3 Å². The van der Waals surface area contributed by atoms with Crippen molar-refractivity contribution in [3.63, 3.8) is 0 Å². The van der Waals surface area contributed by atoms with Crippen molar-refractivity contribution in [3.05, 3.63) is 78.6 Å². The molecule has 0 fully saturated rings. The minimum absolute atomic E-state index is 0. The molecule has 1 radical (unpaired) electrons. The quantitative estimate of drug-likeness (QED) is 0.0966. The number of rotatable bonds is 8. The molecule has 0 bridgehead atoms. The molecule has 44 heavy (non-hydrogen) atoms. The fourth-order valence-corrected chi connectivity index (χ4v) is 6.32. The topological polar surface area (TPSA) is 67.5 Å². The average molecular weight is 789 g/mol. The Kier molecular flexibility index (Phi) is 11.4. The molecule has 0 aliphatic rings. The first-order valence-electron chi connectivity index (χ1n) is 15.4. The van der Waals surface area contributed by atoms with Gasteiger partial charge in [-0.05, 0) is 37.2 Å². The molecule has 5 nitrogen and oxygen atoms in total. The Bertz CT molecular complexity index is 1770. The maximum absolute atomic E-state index is 12.2. The van der Waals surface area contributed by atoms with Gasteiger partial charge in [0.15, 0.2) is 5.78 Å². The van der Waals surface area contributed by atoms with Gasteiger partial charge in [-0.2, -0.15) is 0 Å². The molecule has 237 valence electrons. The predicted octanol–water partition coefficient (Wildman–Crippen LogP) is 10.5. The Morgan fingerprint density at radius 2 is 1.61 bits per heavy atom. The van der Waals surface area contributed by atoms with Crippen molar-refractivity contribution in [3.8, 4) is 11.3 Å². The Hall–Kier alpha value is -2.86. The number of carbonyl (C=O) groups excluding carboxylic acids is 1. The molecule has 0 aliphatic heterocycles. The molecule has 5 rings (SSSR count). The number of allylic oxidation sites excluding steroid dienone is 2. The standard InChI is InChI=1S/C22H18N3S.C15H28O2.Ir/c1-22(2,3)17-11-15(10-14-6-4-5-7-16(14)17)20-21-18(8-9-24-20)25-13-23-12-19(25)26-21;1-7-14(5,8-2)12(16)11-13(17)15(6,9-3)10-4;/h4-9,11-13H,1-3H3;11,16H,7-10H2,1-6H3;/q-1;;/b;12-11-;. The van der Waals surface area contributed by atoms with E-state index in [1.54, 1.807) is 11.3 Å². The van der Waals surface area contributed by atoms with E-state index >= 15 is 0 Å². The number of nitrogens with zero attached hydrogens (tertiary/aromatic N) is 3. The first-order chi connectivity index (χ1) is 20.3. The molecular weight excluding hydrogens is 743 g/mol. The van der Waals surface area contributed by atoms with Crippen LogP contribution in [0.1, 0.15) is 93.6 Å². The Morgan fingerprint density at radius 3 is 2.23 bits per heavy atom. The van der Waals surface area contributed by atoms with Crippen molar-refractivity contribution in [1.82, 2.24) is 14.4 Å².